The molecule has 1 saturated heterocycles. The van der Waals surface area contributed by atoms with Gasteiger partial charge in [0.1, 0.15) is 0 Å². The number of hydrogen-bond acceptors (Lipinski definition) is 4. The fraction of sp³-hybridized carbons (Fsp3) is 0.370. The van der Waals surface area contributed by atoms with Crippen molar-refractivity contribution in [3.8, 4) is 28.3 Å². The number of methoxy groups -OCH3 is 1. The second-order valence-corrected chi connectivity index (χ2v) is 9.82. The Morgan fingerprint density at radius 2 is 1.78 bits per heavy atom. The van der Waals surface area contributed by atoms with Crippen LogP contribution in [0, 0.1) is 5.41 Å². The van der Waals surface area contributed by atoms with Gasteiger partial charge in [-0.25, -0.2) is 4.98 Å². The predicted octanol–water partition coefficient (Wildman–Crippen LogP) is 5.38. The predicted molar refractivity (Wildman–Crippen MR) is 129 cm³/mol. The Labute approximate surface area is 194 Å². The van der Waals surface area contributed by atoms with E-state index in [1.54, 1.807) is 7.11 Å². The SMILES string of the molecule is COc1nc(-c2cccc(-c3cccc4c3CCC4)c2Cl)ccc1CN1CC(C)(CO)C1. The van der Waals surface area contributed by atoms with Crippen LogP contribution in [-0.4, -0.2) is 41.8 Å². The summed E-state index contributed by atoms with van der Waals surface area (Å²) in [5, 5.41) is 10.2. The maximum absolute atomic E-state index is 9.50. The molecule has 166 valence electrons. The molecule has 1 aliphatic carbocycles. The minimum atomic E-state index is 0.00614. The van der Waals surface area contributed by atoms with Crippen LogP contribution >= 0.6 is 11.6 Å². The number of halogens is 1. The number of aryl methyl sites for hydroxylation is 1. The van der Waals surface area contributed by atoms with E-state index < -0.39 is 0 Å². The highest BCUT2D eigenvalue weighted by Gasteiger charge is 2.38. The lowest BCUT2D eigenvalue weighted by atomic mass is 9.83. The van der Waals surface area contributed by atoms with Gasteiger partial charge in [-0.15, -0.1) is 0 Å². The summed E-state index contributed by atoms with van der Waals surface area (Å²) in [5.74, 6) is 0.627. The van der Waals surface area contributed by atoms with Gasteiger partial charge >= 0.3 is 0 Å². The van der Waals surface area contributed by atoms with Gasteiger partial charge in [-0.2, -0.15) is 0 Å². The summed E-state index contributed by atoms with van der Waals surface area (Å²) in [4.78, 5) is 7.12. The lowest BCUT2D eigenvalue weighted by Gasteiger charge is -2.47. The van der Waals surface area contributed by atoms with Gasteiger partial charge in [0.25, 0.3) is 0 Å². The molecule has 5 rings (SSSR count). The maximum Gasteiger partial charge on any atom is 0.218 e. The molecule has 2 aliphatic rings. The number of fused-ring (bicyclic) bond motifs is 1. The van der Waals surface area contributed by atoms with Crippen LogP contribution in [0.3, 0.4) is 0 Å². The van der Waals surface area contributed by atoms with E-state index in [1.165, 1.54) is 23.1 Å². The first-order valence-corrected chi connectivity index (χ1v) is 11.7. The van der Waals surface area contributed by atoms with Crippen molar-refractivity contribution in [1.29, 1.82) is 0 Å². The number of rotatable bonds is 6. The van der Waals surface area contributed by atoms with Crippen LogP contribution in [0.4, 0.5) is 0 Å². The Morgan fingerprint density at radius 3 is 2.56 bits per heavy atom. The van der Waals surface area contributed by atoms with E-state index in [9.17, 15) is 5.11 Å². The molecule has 0 amide bonds. The molecule has 32 heavy (non-hydrogen) atoms. The quantitative estimate of drug-likeness (QED) is 0.549. The molecule has 5 heteroatoms. The zero-order valence-electron chi connectivity index (χ0n) is 18.7. The number of pyridine rings is 1. The summed E-state index contributed by atoms with van der Waals surface area (Å²) in [7, 11) is 1.66. The van der Waals surface area contributed by atoms with E-state index in [1.807, 2.05) is 12.1 Å². The van der Waals surface area contributed by atoms with Crippen molar-refractivity contribution in [2.75, 3.05) is 26.8 Å². The average Bonchev–Trinajstić information content (AvgIpc) is 3.27. The Hall–Kier alpha value is -2.40. The normalized spacial score (nSPS) is 17.1. The van der Waals surface area contributed by atoms with Gasteiger partial charge in [0.05, 0.1) is 24.4 Å². The number of benzene rings is 2. The highest BCUT2D eigenvalue weighted by molar-refractivity contribution is 6.36. The van der Waals surface area contributed by atoms with Gasteiger partial charge in [-0.1, -0.05) is 61.0 Å². The second kappa shape index (κ2) is 8.51. The summed E-state index contributed by atoms with van der Waals surface area (Å²) in [6.45, 7) is 4.85. The summed E-state index contributed by atoms with van der Waals surface area (Å²) < 4.78 is 5.64. The molecule has 0 bridgehead atoms. The van der Waals surface area contributed by atoms with Crippen LogP contribution in [0.15, 0.2) is 48.5 Å². The van der Waals surface area contributed by atoms with E-state index in [0.717, 1.165) is 59.9 Å². The van der Waals surface area contributed by atoms with Crippen molar-refractivity contribution in [2.45, 2.75) is 32.7 Å². The van der Waals surface area contributed by atoms with Crippen LogP contribution in [0.25, 0.3) is 22.4 Å². The molecular weight excluding hydrogens is 420 g/mol. The summed E-state index contributed by atoms with van der Waals surface area (Å²) >= 11 is 6.97. The number of nitrogens with zero attached hydrogens (tertiary/aromatic N) is 2. The highest BCUT2D eigenvalue weighted by Crippen LogP contribution is 2.40. The number of aliphatic hydroxyl groups excluding tert-OH is 1. The van der Waals surface area contributed by atoms with Crippen molar-refractivity contribution >= 4 is 11.6 Å². The second-order valence-electron chi connectivity index (χ2n) is 9.44. The molecule has 1 N–H and O–H groups in total. The Balaban J connectivity index is 1.46. The van der Waals surface area contributed by atoms with E-state index in [0.29, 0.717) is 5.88 Å². The van der Waals surface area contributed by atoms with Crippen molar-refractivity contribution < 1.29 is 9.84 Å². The monoisotopic (exact) mass is 448 g/mol. The molecule has 0 radical (unpaired) electrons. The van der Waals surface area contributed by atoms with Gasteiger partial charge in [-0.05, 0) is 42.0 Å². The topological polar surface area (TPSA) is 45.6 Å². The molecule has 0 spiro atoms. The van der Waals surface area contributed by atoms with Gasteiger partial charge in [0.15, 0.2) is 0 Å². The van der Waals surface area contributed by atoms with Crippen LogP contribution < -0.4 is 4.74 Å². The fourth-order valence-electron chi connectivity index (χ4n) is 5.21. The summed E-state index contributed by atoms with van der Waals surface area (Å²) in [6, 6.07) is 16.8. The number of aliphatic hydroxyl groups is 1. The largest absolute Gasteiger partial charge is 0.481 e. The lowest BCUT2D eigenvalue weighted by Crippen LogP contribution is -2.55. The van der Waals surface area contributed by atoms with E-state index in [4.69, 9.17) is 21.3 Å². The van der Waals surface area contributed by atoms with Gasteiger partial charge in [0, 0.05) is 41.7 Å². The third-order valence-corrected chi connectivity index (χ3v) is 7.24. The molecule has 1 aromatic heterocycles. The van der Waals surface area contributed by atoms with Crippen LogP contribution in [0.2, 0.25) is 5.02 Å². The van der Waals surface area contributed by atoms with Crippen molar-refractivity contribution in [3.63, 3.8) is 0 Å². The third kappa shape index (κ3) is 3.81. The first-order valence-electron chi connectivity index (χ1n) is 11.3. The first kappa shape index (κ1) is 21.4. The molecular formula is C27H29ClN2O2. The van der Waals surface area contributed by atoms with Crippen LogP contribution in [0.1, 0.15) is 30.0 Å². The number of hydrogen-bond donors (Lipinski definition) is 1. The van der Waals surface area contributed by atoms with Gasteiger partial charge in [0.2, 0.25) is 5.88 Å². The summed E-state index contributed by atoms with van der Waals surface area (Å²) in [5.41, 5.74) is 7.95. The minimum absolute atomic E-state index is 0.00614. The van der Waals surface area contributed by atoms with Gasteiger partial charge in [-0.3, -0.25) is 4.90 Å². The molecule has 3 aromatic rings. The molecule has 2 aromatic carbocycles. The number of aromatic nitrogens is 1. The third-order valence-electron chi connectivity index (χ3n) is 6.83. The Morgan fingerprint density at radius 1 is 1.03 bits per heavy atom. The van der Waals surface area contributed by atoms with E-state index in [-0.39, 0.29) is 12.0 Å². The molecule has 2 heterocycles. The van der Waals surface area contributed by atoms with Crippen molar-refractivity contribution in [1.82, 2.24) is 9.88 Å². The van der Waals surface area contributed by atoms with Crippen LogP contribution in [0.5, 0.6) is 5.88 Å². The van der Waals surface area contributed by atoms with E-state index in [2.05, 4.69) is 48.2 Å². The maximum atomic E-state index is 9.50. The molecule has 0 saturated carbocycles. The molecule has 0 atom stereocenters. The standard InChI is InChI=1S/C27H29ClN2O2/c1-27(17-31)15-30(16-27)14-19-12-13-24(29-26(19)32-2)23-11-5-10-22(25(23)28)21-9-4-7-18-6-3-8-20(18)21/h4-5,7,9-13,31H,3,6,8,14-17H2,1-2H3. The smallest absolute Gasteiger partial charge is 0.218 e. The summed E-state index contributed by atoms with van der Waals surface area (Å²) in [6.07, 6.45) is 3.46. The van der Waals surface area contributed by atoms with Crippen LogP contribution in [-0.2, 0) is 19.4 Å². The molecule has 4 nitrogen and oxygen atoms in total. The molecule has 1 aliphatic heterocycles. The molecule has 1 fully saturated rings. The Kier molecular flexibility index (Phi) is 5.70. The molecule has 0 unspecified atom stereocenters. The zero-order chi connectivity index (χ0) is 22.3. The first-order chi connectivity index (χ1) is 15.5. The number of likely N-dealkylation sites (tertiary alicyclic amines) is 1. The highest BCUT2D eigenvalue weighted by atomic mass is 35.5. The average molecular weight is 449 g/mol. The number of ether oxygens (including phenoxy) is 1. The Bertz CT molecular complexity index is 1150. The van der Waals surface area contributed by atoms with Gasteiger partial charge < -0.3 is 9.84 Å². The fourth-order valence-corrected chi connectivity index (χ4v) is 5.54. The van der Waals surface area contributed by atoms with Crippen molar-refractivity contribution in [2.24, 2.45) is 5.41 Å². The minimum Gasteiger partial charge on any atom is -0.481 e. The van der Waals surface area contributed by atoms with E-state index >= 15 is 0 Å². The lowest BCUT2D eigenvalue weighted by molar-refractivity contribution is -0.0322. The van der Waals surface area contributed by atoms with Crippen molar-refractivity contribution in [3.05, 3.63) is 70.2 Å². The zero-order valence-corrected chi connectivity index (χ0v) is 19.5.